The Morgan fingerprint density at radius 1 is 0.927 bits per heavy atom. The Kier molecular flexibility index (Phi) is 9.96. The molecule has 2 aromatic heterocycles. The minimum Gasteiger partial charge on any atom is -0.379 e. The maximum atomic E-state index is 13.3. The highest BCUT2D eigenvalue weighted by atomic mass is 35.5. The van der Waals surface area contributed by atoms with Crippen molar-refractivity contribution in [2.45, 2.75) is 19.0 Å². The Labute approximate surface area is 244 Å². The van der Waals surface area contributed by atoms with E-state index in [-0.39, 0.29) is 24.4 Å². The van der Waals surface area contributed by atoms with E-state index in [1.165, 1.54) is 5.56 Å². The minimum absolute atomic E-state index is 0. The van der Waals surface area contributed by atoms with E-state index in [0.29, 0.717) is 5.82 Å². The first-order chi connectivity index (χ1) is 19.5. The Bertz CT molecular complexity index is 1490. The molecule has 212 valence electrons. The lowest BCUT2D eigenvalue weighted by molar-refractivity contribution is -0.137. The molecule has 10 nitrogen and oxygen atoms in total. The number of pyridine rings is 1. The molecule has 1 unspecified atom stereocenters. The molecule has 1 saturated heterocycles. The van der Waals surface area contributed by atoms with Gasteiger partial charge in [0, 0.05) is 44.0 Å². The first kappa shape index (κ1) is 29.6. The van der Waals surface area contributed by atoms with Gasteiger partial charge in [0.2, 0.25) is 5.78 Å². The molecule has 2 aromatic carbocycles. The Balaban J connectivity index is 0.00000387. The topological polar surface area (TPSA) is 132 Å². The number of halogens is 1. The number of benzene rings is 2. The molecule has 3 heterocycles. The second-order valence-electron chi connectivity index (χ2n) is 9.57. The van der Waals surface area contributed by atoms with Gasteiger partial charge in [-0.2, -0.15) is 0 Å². The van der Waals surface area contributed by atoms with Gasteiger partial charge < -0.3 is 15.8 Å². The van der Waals surface area contributed by atoms with Crippen LogP contribution in [0.15, 0.2) is 85.5 Å². The van der Waals surface area contributed by atoms with Gasteiger partial charge >= 0.3 is 0 Å². The fourth-order valence-electron chi connectivity index (χ4n) is 4.63. The lowest BCUT2D eigenvalue weighted by Gasteiger charge is -2.26. The molecule has 0 spiro atoms. The highest BCUT2D eigenvalue weighted by Gasteiger charge is 2.27. The summed E-state index contributed by atoms with van der Waals surface area (Å²) in [5.74, 6) is -2.19. The van der Waals surface area contributed by atoms with E-state index in [1.807, 2.05) is 42.5 Å². The molecule has 1 aliphatic heterocycles. The maximum Gasteiger partial charge on any atom is 0.287 e. The largest absolute Gasteiger partial charge is 0.379 e. The second kappa shape index (κ2) is 13.8. The van der Waals surface area contributed by atoms with E-state index in [2.05, 4.69) is 32.3 Å². The number of carbonyl (C=O) groups excluding carboxylic acids is 3. The molecular weight excluding hydrogens is 544 g/mol. The van der Waals surface area contributed by atoms with E-state index >= 15 is 0 Å². The molecule has 0 bridgehead atoms. The summed E-state index contributed by atoms with van der Waals surface area (Å²) >= 11 is 0. The van der Waals surface area contributed by atoms with Crippen LogP contribution in [0.25, 0.3) is 17.1 Å². The van der Waals surface area contributed by atoms with Crippen LogP contribution >= 0.6 is 12.4 Å². The van der Waals surface area contributed by atoms with Crippen molar-refractivity contribution in [3.63, 3.8) is 0 Å². The molecule has 0 aliphatic carbocycles. The number of ketones is 1. The third-order valence-electron chi connectivity index (χ3n) is 6.77. The van der Waals surface area contributed by atoms with E-state index in [9.17, 15) is 14.4 Å². The number of carbonyl (C=O) groups is 3. The third-order valence-corrected chi connectivity index (χ3v) is 6.77. The van der Waals surface area contributed by atoms with Gasteiger partial charge in [-0.25, -0.2) is 9.97 Å². The summed E-state index contributed by atoms with van der Waals surface area (Å²) in [6.07, 6.45) is 5.08. The molecule has 0 saturated carbocycles. The van der Waals surface area contributed by atoms with Crippen LogP contribution in [0, 0.1) is 0 Å². The zero-order valence-electron chi connectivity index (χ0n) is 22.3. The molecule has 41 heavy (non-hydrogen) atoms. The van der Waals surface area contributed by atoms with Gasteiger partial charge in [-0.3, -0.25) is 23.9 Å². The molecular formula is C30H31ClN6O4. The Morgan fingerprint density at radius 2 is 1.66 bits per heavy atom. The first-order valence-electron chi connectivity index (χ1n) is 13.0. The lowest BCUT2D eigenvalue weighted by atomic mass is 10.0. The fourth-order valence-corrected chi connectivity index (χ4v) is 4.63. The van der Waals surface area contributed by atoms with Crippen LogP contribution in [-0.2, 0) is 27.3 Å². The number of nitrogens with one attached hydrogen (secondary N) is 1. The summed E-state index contributed by atoms with van der Waals surface area (Å²) in [6, 6.07) is 19.4. The lowest BCUT2D eigenvalue weighted by Crippen LogP contribution is -2.47. The average molecular weight is 575 g/mol. The number of rotatable bonds is 10. The molecule has 4 aromatic rings. The quantitative estimate of drug-likeness (QED) is 0.278. The van der Waals surface area contributed by atoms with Crippen LogP contribution in [-0.4, -0.2) is 69.4 Å². The van der Waals surface area contributed by atoms with E-state index in [4.69, 9.17) is 10.5 Å². The fraction of sp³-hybridized carbons (Fsp3) is 0.233. The normalized spacial score (nSPS) is 14.0. The number of amides is 2. The van der Waals surface area contributed by atoms with Gasteiger partial charge in [0.1, 0.15) is 12.4 Å². The van der Waals surface area contributed by atoms with Crippen molar-refractivity contribution in [2.24, 2.45) is 5.73 Å². The van der Waals surface area contributed by atoms with Crippen LogP contribution in [0.4, 0.5) is 0 Å². The summed E-state index contributed by atoms with van der Waals surface area (Å²) < 4.78 is 7.08. The number of ether oxygens (including phenoxy) is 1. The molecule has 5 rings (SSSR count). The van der Waals surface area contributed by atoms with Crippen molar-refractivity contribution in [2.75, 3.05) is 26.3 Å². The number of Topliss-reactive ketones (excluding diaryl/α,β-unsaturated/α-hetero) is 1. The van der Waals surface area contributed by atoms with Gasteiger partial charge in [0.05, 0.1) is 24.5 Å². The monoisotopic (exact) mass is 574 g/mol. The number of morpholine rings is 1. The number of aromatic nitrogens is 3. The van der Waals surface area contributed by atoms with Crippen LogP contribution in [0.1, 0.15) is 21.5 Å². The van der Waals surface area contributed by atoms with Gasteiger partial charge in [-0.05, 0) is 23.3 Å². The smallest absolute Gasteiger partial charge is 0.287 e. The predicted octanol–water partition coefficient (Wildman–Crippen LogP) is 2.58. The van der Waals surface area contributed by atoms with Crippen molar-refractivity contribution >= 4 is 30.0 Å². The van der Waals surface area contributed by atoms with Gasteiger partial charge in [-0.1, -0.05) is 54.6 Å². The van der Waals surface area contributed by atoms with Crippen molar-refractivity contribution < 1.29 is 19.1 Å². The number of hydrogen-bond donors (Lipinski definition) is 2. The molecule has 11 heteroatoms. The van der Waals surface area contributed by atoms with E-state index < -0.39 is 23.6 Å². The zero-order valence-corrected chi connectivity index (χ0v) is 23.1. The third kappa shape index (κ3) is 7.43. The average Bonchev–Trinajstić information content (AvgIpc) is 3.48. The van der Waals surface area contributed by atoms with Crippen LogP contribution in [0.2, 0.25) is 0 Å². The van der Waals surface area contributed by atoms with Gasteiger partial charge in [0.15, 0.2) is 5.82 Å². The maximum absolute atomic E-state index is 13.3. The van der Waals surface area contributed by atoms with Gasteiger partial charge in [0.25, 0.3) is 11.8 Å². The first-order valence-corrected chi connectivity index (χ1v) is 13.0. The van der Waals surface area contributed by atoms with Crippen molar-refractivity contribution in [1.82, 2.24) is 24.8 Å². The minimum atomic E-state index is -1.12. The van der Waals surface area contributed by atoms with Crippen LogP contribution in [0.3, 0.4) is 0 Å². The second-order valence-corrected chi connectivity index (χ2v) is 9.57. The van der Waals surface area contributed by atoms with Crippen molar-refractivity contribution in [3.05, 3.63) is 102 Å². The van der Waals surface area contributed by atoms with Crippen molar-refractivity contribution in [3.8, 4) is 17.1 Å². The molecule has 0 radical (unpaired) electrons. The summed E-state index contributed by atoms with van der Waals surface area (Å²) in [7, 11) is 0. The number of primary amides is 1. The Morgan fingerprint density at radius 3 is 2.37 bits per heavy atom. The summed E-state index contributed by atoms with van der Waals surface area (Å²) in [4.78, 5) is 48.9. The predicted molar refractivity (Wildman–Crippen MR) is 156 cm³/mol. The molecule has 2 amide bonds. The summed E-state index contributed by atoms with van der Waals surface area (Å²) in [5.41, 5.74) is 9.14. The highest BCUT2D eigenvalue weighted by molar-refractivity contribution is 6.38. The summed E-state index contributed by atoms with van der Waals surface area (Å²) in [6.45, 7) is 4.25. The molecule has 1 fully saturated rings. The van der Waals surface area contributed by atoms with Gasteiger partial charge in [-0.15, -0.1) is 12.4 Å². The number of imidazole rings is 1. The summed E-state index contributed by atoms with van der Waals surface area (Å²) in [5, 5.41) is 2.68. The Hall–Kier alpha value is -4.38. The van der Waals surface area contributed by atoms with Crippen LogP contribution in [0.5, 0.6) is 0 Å². The molecule has 3 N–H and O–H groups in total. The number of nitrogens with zero attached hydrogens (tertiary/aromatic N) is 4. The number of hydrogen-bond acceptors (Lipinski definition) is 7. The van der Waals surface area contributed by atoms with E-state index in [0.717, 1.165) is 49.7 Å². The van der Waals surface area contributed by atoms with Crippen LogP contribution < -0.4 is 11.1 Å². The highest BCUT2D eigenvalue weighted by Crippen LogP contribution is 2.21. The zero-order chi connectivity index (χ0) is 27.9. The standard InChI is InChI=1S/C30H30N6O4.ClH/c31-28(38)27(37)25(17-21-5-2-1-3-6-21)34-30(39)24-7-4-12-32-29(24)36-19-26(33-20-36)23-10-8-22(9-11-23)18-35-13-15-40-16-14-35;/h1-12,19-20,25H,13-18H2,(H2,31,38)(H,34,39);1H. The number of nitrogens with two attached hydrogens (primary N) is 1. The van der Waals surface area contributed by atoms with Crippen molar-refractivity contribution in [1.29, 1.82) is 0 Å². The molecule has 1 aliphatic rings. The molecule has 1 atom stereocenters. The SMILES string of the molecule is Cl.NC(=O)C(=O)C(Cc1ccccc1)NC(=O)c1cccnc1-n1cnc(-c2ccc(CN3CCOCC3)cc2)c1. The van der Waals surface area contributed by atoms with E-state index in [1.54, 1.807) is 35.4 Å².